The molecule has 0 amide bonds. The largest absolute Gasteiger partial charge is 0.477 e. The van der Waals surface area contributed by atoms with Gasteiger partial charge in [-0.2, -0.15) is 15.2 Å². The molecular weight excluding hydrogens is 266 g/mol. The van der Waals surface area contributed by atoms with Crippen molar-refractivity contribution in [2.75, 3.05) is 13.2 Å². The summed E-state index contributed by atoms with van der Waals surface area (Å²) in [6.45, 7) is 7.36. The van der Waals surface area contributed by atoms with Crippen molar-refractivity contribution in [3.63, 3.8) is 0 Å². The zero-order chi connectivity index (χ0) is 15.5. The molecule has 0 aromatic carbocycles. The van der Waals surface area contributed by atoms with Crippen molar-refractivity contribution < 1.29 is 9.47 Å². The van der Waals surface area contributed by atoms with Gasteiger partial charge in [-0.15, -0.1) is 0 Å². The summed E-state index contributed by atoms with van der Waals surface area (Å²) >= 11 is 0. The lowest BCUT2D eigenvalue weighted by molar-refractivity contribution is 0.271. The number of aromatic nitrogens is 2. The van der Waals surface area contributed by atoms with E-state index in [4.69, 9.17) is 14.7 Å². The first-order chi connectivity index (χ1) is 10.2. The van der Waals surface area contributed by atoms with E-state index in [1.807, 2.05) is 13.0 Å². The average molecular weight is 291 g/mol. The molecule has 0 bridgehead atoms. The zero-order valence-electron chi connectivity index (χ0n) is 13.3. The second-order valence-electron chi connectivity index (χ2n) is 5.01. The van der Waals surface area contributed by atoms with Crippen molar-refractivity contribution >= 4 is 0 Å². The number of rotatable bonds is 10. The predicted molar refractivity (Wildman–Crippen MR) is 81.5 cm³/mol. The molecule has 0 radical (unpaired) electrons. The highest BCUT2D eigenvalue weighted by Gasteiger charge is 2.13. The number of ether oxygens (including phenoxy) is 2. The van der Waals surface area contributed by atoms with Gasteiger partial charge in [-0.25, -0.2) is 0 Å². The van der Waals surface area contributed by atoms with E-state index >= 15 is 0 Å². The van der Waals surface area contributed by atoms with Crippen molar-refractivity contribution in [3.8, 4) is 17.8 Å². The molecule has 0 saturated carbocycles. The van der Waals surface area contributed by atoms with Crippen molar-refractivity contribution in [1.82, 2.24) is 9.97 Å². The fourth-order valence-corrected chi connectivity index (χ4v) is 1.85. The van der Waals surface area contributed by atoms with Gasteiger partial charge in [-0.1, -0.05) is 39.5 Å². The molecule has 1 aromatic rings. The van der Waals surface area contributed by atoms with Crippen LogP contribution in [0.4, 0.5) is 0 Å². The Hall–Kier alpha value is -1.83. The predicted octanol–water partition coefficient (Wildman–Crippen LogP) is 3.79. The minimum absolute atomic E-state index is 0.0941. The highest BCUT2D eigenvalue weighted by Crippen LogP contribution is 2.24. The Kier molecular flexibility index (Phi) is 8.18. The van der Waals surface area contributed by atoms with Crippen LogP contribution in [0.25, 0.3) is 0 Å². The molecule has 0 N–H and O–H groups in total. The van der Waals surface area contributed by atoms with E-state index in [-0.39, 0.29) is 5.82 Å². The maximum Gasteiger partial charge on any atom is 0.238 e. The van der Waals surface area contributed by atoms with Crippen molar-refractivity contribution in [2.45, 2.75) is 59.3 Å². The maximum atomic E-state index is 9.01. The van der Waals surface area contributed by atoms with Gasteiger partial charge in [0.1, 0.15) is 6.07 Å². The van der Waals surface area contributed by atoms with Crippen LogP contribution in [0.5, 0.6) is 11.8 Å². The Morgan fingerprint density at radius 2 is 1.38 bits per heavy atom. The second kappa shape index (κ2) is 9.98. The number of unbranched alkanes of at least 4 members (excludes halogenated alkanes) is 4. The van der Waals surface area contributed by atoms with E-state index < -0.39 is 0 Å². The molecule has 5 nitrogen and oxygen atoms in total. The lowest BCUT2D eigenvalue weighted by atomic mass is 10.2. The van der Waals surface area contributed by atoms with Crippen LogP contribution >= 0.6 is 0 Å². The van der Waals surface area contributed by atoms with Crippen LogP contribution in [-0.2, 0) is 0 Å². The topological polar surface area (TPSA) is 68.0 Å². The Balaban J connectivity index is 2.71. The van der Waals surface area contributed by atoms with E-state index in [2.05, 4.69) is 23.8 Å². The fraction of sp³-hybridized carbons (Fsp3) is 0.688. The van der Waals surface area contributed by atoms with Crippen LogP contribution in [0.1, 0.15) is 63.8 Å². The third kappa shape index (κ3) is 5.99. The first-order valence-electron chi connectivity index (χ1n) is 7.77. The summed E-state index contributed by atoms with van der Waals surface area (Å²) in [5.41, 5.74) is 0.766. The quantitative estimate of drug-likeness (QED) is 0.613. The monoisotopic (exact) mass is 291 g/mol. The molecule has 0 unspecified atom stereocenters. The van der Waals surface area contributed by atoms with Crippen LogP contribution < -0.4 is 9.47 Å². The third-order valence-corrected chi connectivity index (χ3v) is 3.13. The van der Waals surface area contributed by atoms with Gasteiger partial charge in [0.25, 0.3) is 0 Å². The first kappa shape index (κ1) is 17.2. The second-order valence-corrected chi connectivity index (χ2v) is 5.01. The SMILES string of the molecule is CCCCCOc1nc(C#N)nc(OCCCCC)c1C. The Morgan fingerprint density at radius 1 is 0.905 bits per heavy atom. The van der Waals surface area contributed by atoms with Crippen LogP contribution in [0.2, 0.25) is 0 Å². The maximum absolute atomic E-state index is 9.01. The van der Waals surface area contributed by atoms with E-state index in [1.165, 1.54) is 0 Å². The van der Waals surface area contributed by atoms with Crippen molar-refractivity contribution in [2.24, 2.45) is 0 Å². The van der Waals surface area contributed by atoms with E-state index in [1.54, 1.807) is 0 Å². The van der Waals surface area contributed by atoms with Gasteiger partial charge in [0.2, 0.25) is 17.6 Å². The highest BCUT2D eigenvalue weighted by atomic mass is 16.5. The van der Waals surface area contributed by atoms with Crippen molar-refractivity contribution in [1.29, 1.82) is 5.26 Å². The van der Waals surface area contributed by atoms with E-state index in [9.17, 15) is 0 Å². The minimum Gasteiger partial charge on any atom is -0.477 e. The number of hydrogen-bond acceptors (Lipinski definition) is 5. The Labute approximate surface area is 127 Å². The fourth-order valence-electron chi connectivity index (χ4n) is 1.85. The van der Waals surface area contributed by atoms with Gasteiger partial charge in [-0.3, -0.25) is 0 Å². The first-order valence-corrected chi connectivity index (χ1v) is 7.77. The summed E-state index contributed by atoms with van der Waals surface area (Å²) in [5, 5.41) is 9.01. The lowest BCUT2D eigenvalue weighted by Crippen LogP contribution is -2.07. The summed E-state index contributed by atoms with van der Waals surface area (Å²) in [6.07, 6.45) is 6.48. The molecule has 21 heavy (non-hydrogen) atoms. The standard InChI is InChI=1S/C16H25N3O2/c1-4-6-8-10-20-15-13(3)16(19-14(12-17)18-15)21-11-9-7-5-2/h4-11H2,1-3H3. The summed E-state index contributed by atoms with van der Waals surface area (Å²) < 4.78 is 11.3. The zero-order valence-corrected chi connectivity index (χ0v) is 13.3. The van der Waals surface area contributed by atoms with Gasteiger partial charge >= 0.3 is 0 Å². The molecule has 0 atom stereocenters. The Morgan fingerprint density at radius 3 is 1.76 bits per heavy atom. The van der Waals surface area contributed by atoms with Gasteiger partial charge in [0, 0.05) is 0 Å². The average Bonchev–Trinajstić information content (AvgIpc) is 2.50. The number of hydrogen-bond donors (Lipinski definition) is 0. The minimum atomic E-state index is 0.0941. The number of nitrogens with zero attached hydrogens (tertiary/aromatic N) is 3. The van der Waals surface area contributed by atoms with Crippen LogP contribution in [-0.4, -0.2) is 23.2 Å². The van der Waals surface area contributed by atoms with Crippen molar-refractivity contribution in [3.05, 3.63) is 11.4 Å². The molecule has 0 saturated heterocycles. The molecule has 1 heterocycles. The molecule has 0 aliphatic carbocycles. The summed E-state index contributed by atoms with van der Waals surface area (Å²) in [7, 11) is 0. The Bertz CT molecular complexity index is 436. The van der Waals surface area contributed by atoms with E-state index in [0.29, 0.717) is 25.0 Å². The van der Waals surface area contributed by atoms with Crippen LogP contribution in [0.15, 0.2) is 0 Å². The summed E-state index contributed by atoms with van der Waals surface area (Å²) in [4.78, 5) is 8.24. The number of nitriles is 1. The van der Waals surface area contributed by atoms with Gasteiger partial charge in [0.05, 0.1) is 18.8 Å². The van der Waals surface area contributed by atoms with Crippen LogP contribution in [0, 0.1) is 18.3 Å². The molecule has 0 aliphatic heterocycles. The van der Waals surface area contributed by atoms with E-state index in [0.717, 1.165) is 44.1 Å². The smallest absolute Gasteiger partial charge is 0.238 e. The third-order valence-electron chi connectivity index (χ3n) is 3.13. The van der Waals surface area contributed by atoms with Gasteiger partial charge in [0.15, 0.2) is 0 Å². The lowest BCUT2D eigenvalue weighted by Gasteiger charge is -2.12. The summed E-state index contributed by atoms with van der Waals surface area (Å²) in [6, 6.07) is 1.96. The van der Waals surface area contributed by atoms with Gasteiger partial charge < -0.3 is 9.47 Å². The molecule has 0 aliphatic rings. The molecule has 116 valence electrons. The van der Waals surface area contributed by atoms with Gasteiger partial charge in [-0.05, 0) is 19.8 Å². The molecule has 1 rings (SSSR count). The molecular formula is C16H25N3O2. The normalized spacial score (nSPS) is 10.2. The highest BCUT2D eigenvalue weighted by molar-refractivity contribution is 5.36. The van der Waals surface area contributed by atoms with Crippen LogP contribution in [0.3, 0.4) is 0 Å². The molecule has 0 spiro atoms. The molecule has 5 heteroatoms. The molecule has 1 aromatic heterocycles. The summed E-state index contributed by atoms with van der Waals surface area (Å²) in [5.74, 6) is 1.02. The molecule has 0 fully saturated rings.